The quantitative estimate of drug-likeness (QED) is 0.841. The van der Waals surface area contributed by atoms with Gasteiger partial charge in [0, 0.05) is 15.9 Å². The average molecular weight is 340 g/mol. The van der Waals surface area contributed by atoms with E-state index in [4.69, 9.17) is 4.74 Å². The van der Waals surface area contributed by atoms with Crippen LogP contribution in [-0.4, -0.2) is 13.7 Å². The van der Waals surface area contributed by atoms with Crippen LogP contribution in [0.3, 0.4) is 0 Å². The van der Waals surface area contributed by atoms with Crippen molar-refractivity contribution in [1.82, 2.24) is 5.32 Å². The summed E-state index contributed by atoms with van der Waals surface area (Å²) in [6.45, 7) is 3.08. The van der Waals surface area contributed by atoms with Crippen molar-refractivity contribution in [1.29, 1.82) is 0 Å². The molecule has 1 atom stereocenters. The zero-order chi connectivity index (χ0) is 13.7. The van der Waals surface area contributed by atoms with Gasteiger partial charge in [0.05, 0.1) is 7.11 Å². The van der Waals surface area contributed by atoms with E-state index in [2.05, 4.69) is 51.1 Å². The normalized spacial score (nSPS) is 12.4. The largest absolute Gasteiger partial charge is 0.496 e. The molecule has 0 radical (unpaired) electrons. The molecule has 0 fully saturated rings. The van der Waals surface area contributed by atoms with Gasteiger partial charge in [0.25, 0.3) is 0 Å². The second kappa shape index (κ2) is 7.08. The number of thiophene rings is 1. The third-order valence-electron chi connectivity index (χ3n) is 3.08. The lowest BCUT2D eigenvalue weighted by atomic mass is 10.0. The number of benzene rings is 1. The SMILES string of the molecule is CCNC(Cc1ccccc1OC)c1cscc1Br. The van der Waals surface area contributed by atoms with E-state index in [0.717, 1.165) is 18.7 Å². The molecule has 2 nitrogen and oxygen atoms in total. The molecular weight excluding hydrogens is 322 g/mol. The van der Waals surface area contributed by atoms with Crippen LogP contribution in [0.15, 0.2) is 39.5 Å². The van der Waals surface area contributed by atoms with Crippen molar-refractivity contribution < 1.29 is 4.74 Å². The number of halogens is 1. The fourth-order valence-electron chi connectivity index (χ4n) is 2.17. The molecule has 0 aliphatic carbocycles. The summed E-state index contributed by atoms with van der Waals surface area (Å²) in [5, 5.41) is 7.87. The van der Waals surface area contributed by atoms with E-state index in [9.17, 15) is 0 Å². The van der Waals surface area contributed by atoms with E-state index in [-0.39, 0.29) is 0 Å². The van der Waals surface area contributed by atoms with Crippen LogP contribution in [-0.2, 0) is 6.42 Å². The van der Waals surface area contributed by atoms with Gasteiger partial charge in [0.2, 0.25) is 0 Å². The fourth-order valence-corrected chi connectivity index (χ4v) is 3.80. The minimum absolute atomic E-state index is 0.307. The third kappa shape index (κ3) is 3.59. The smallest absolute Gasteiger partial charge is 0.122 e. The first-order valence-corrected chi connectivity index (χ1v) is 8.06. The number of methoxy groups -OCH3 is 1. The van der Waals surface area contributed by atoms with Crippen LogP contribution < -0.4 is 10.1 Å². The number of rotatable bonds is 6. The van der Waals surface area contributed by atoms with Crippen LogP contribution in [0.2, 0.25) is 0 Å². The molecule has 2 rings (SSSR count). The zero-order valence-corrected chi connectivity index (χ0v) is 13.6. The summed E-state index contributed by atoms with van der Waals surface area (Å²) in [4.78, 5) is 0. The molecule has 0 aliphatic rings. The van der Waals surface area contributed by atoms with Crippen molar-refractivity contribution in [3.63, 3.8) is 0 Å². The summed E-state index contributed by atoms with van der Waals surface area (Å²) in [7, 11) is 1.72. The van der Waals surface area contributed by atoms with E-state index in [1.54, 1.807) is 18.4 Å². The Kier molecular flexibility index (Phi) is 5.43. The van der Waals surface area contributed by atoms with Crippen molar-refractivity contribution in [3.05, 3.63) is 50.6 Å². The Balaban J connectivity index is 2.24. The fraction of sp³-hybridized carbons (Fsp3) is 0.333. The summed E-state index contributed by atoms with van der Waals surface area (Å²) in [6, 6.07) is 8.51. The second-order valence-corrected chi connectivity index (χ2v) is 5.90. The van der Waals surface area contributed by atoms with Crippen LogP contribution in [0.25, 0.3) is 0 Å². The van der Waals surface area contributed by atoms with Crippen molar-refractivity contribution in [2.45, 2.75) is 19.4 Å². The van der Waals surface area contributed by atoms with Gasteiger partial charge in [0.1, 0.15) is 5.75 Å². The standard InChI is InChI=1S/C15H18BrNOS/c1-3-17-14(12-9-19-10-13(12)16)8-11-6-4-5-7-15(11)18-2/h4-7,9-10,14,17H,3,8H2,1-2H3. The van der Waals surface area contributed by atoms with Crippen LogP contribution in [0.5, 0.6) is 5.75 Å². The van der Waals surface area contributed by atoms with Crippen molar-refractivity contribution >= 4 is 27.3 Å². The maximum atomic E-state index is 5.44. The van der Waals surface area contributed by atoms with Crippen LogP contribution in [0.4, 0.5) is 0 Å². The molecule has 0 saturated heterocycles. The molecule has 0 spiro atoms. The third-order valence-corrected chi connectivity index (χ3v) is 4.84. The molecule has 19 heavy (non-hydrogen) atoms. The predicted molar refractivity (Wildman–Crippen MR) is 85.1 cm³/mol. The van der Waals surface area contributed by atoms with E-state index >= 15 is 0 Å². The van der Waals surface area contributed by atoms with Crippen LogP contribution >= 0.6 is 27.3 Å². The Labute approximate surface area is 126 Å². The van der Waals surface area contributed by atoms with Crippen molar-refractivity contribution in [2.75, 3.05) is 13.7 Å². The number of para-hydroxylation sites is 1. The lowest BCUT2D eigenvalue weighted by Gasteiger charge is -2.19. The second-order valence-electron chi connectivity index (χ2n) is 4.30. The van der Waals surface area contributed by atoms with Crippen LogP contribution in [0.1, 0.15) is 24.1 Å². The molecule has 102 valence electrons. The van der Waals surface area contributed by atoms with E-state index in [0.29, 0.717) is 6.04 Å². The number of nitrogens with one attached hydrogen (secondary N) is 1. The monoisotopic (exact) mass is 339 g/mol. The van der Waals surface area contributed by atoms with Gasteiger partial charge in [-0.1, -0.05) is 25.1 Å². The Morgan fingerprint density at radius 3 is 2.74 bits per heavy atom. The molecule has 1 aromatic heterocycles. The van der Waals surface area contributed by atoms with Crippen molar-refractivity contribution in [3.8, 4) is 5.75 Å². The van der Waals surface area contributed by atoms with Gasteiger partial charge in [-0.25, -0.2) is 0 Å². The van der Waals surface area contributed by atoms with E-state index < -0.39 is 0 Å². The van der Waals surface area contributed by atoms with Gasteiger partial charge in [-0.15, -0.1) is 0 Å². The number of hydrogen-bond donors (Lipinski definition) is 1. The summed E-state index contributed by atoms with van der Waals surface area (Å²) in [5.74, 6) is 0.955. The van der Waals surface area contributed by atoms with Gasteiger partial charge in [-0.2, -0.15) is 11.3 Å². The number of hydrogen-bond acceptors (Lipinski definition) is 3. The molecule has 0 saturated carbocycles. The molecule has 4 heteroatoms. The minimum Gasteiger partial charge on any atom is -0.496 e. The Bertz CT molecular complexity index is 526. The molecule has 1 unspecified atom stereocenters. The number of likely N-dealkylation sites (N-methyl/N-ethyl adjacent to an activating group) is 1. The summed E-state index contributed by atoms with van der Waals surface area (Å²) >= 11 is 5.35. The molecule has 0 bridgehead atoms. The molecular formula is C15H18BrNOS. The maximum Gasteiger partial charge on any atom is 0.122 e. The maximum absolute atomic E-state index is 5.44. The first-order chi connectivity index (χ1) is 9.26. The highest BCUT2D eigenvalue weighted by molar-refractivity contribution is 9.10. The molecule has 0 aliphatic heterocycles. The summed E-state index contributed by atoms with van der Waals surface area (Å²) in [5.41, 5.74) is 2.55. The van der Waals surface area contributed by atoms with Gasteiger partial charge in [-0.3, -0.25) is 0 Å². The summed E-state index contributed by atoms with van der Waals surface area (Å²) in [6.07, 6.45) is 0.924. The van der Waals surface area contributed by atoms with E-state index in [1.165, 1.54) is 15.6 Å². The number of ether oxygens (including phenoxy) is 1. The summed E-state index contributed by atoms with van der Waals surface area (Å²) < 4.78 is 6.61. The van der Waals surface area contributed by atoms with Gasteiger partial charge in [0.15, 0.2) is 0 Å². The van der Waals surface area contributed by atoms with Crippen LogP contribution in [0, 0.1) is 0 Å². The first kappa shape index (κ1) is 14.6. The Morgan fingerprint density at radius 1 is 1.32 bits per heavy atom. The highest BCUT2D eigenvalue weighted by Crippen LogP contribution is 2.31. The Hall–Kier alpha value is -0.840. The molecule has 2 aromatic rings. The minimum atomic E-state index is 0.307. The lowest BCUT2D eigenvalue weighted by Crippen LogP contribution is -2.23. The van der Waals surface area contributed by atoms with Gasteiger partial charge >= 0.3 is 0 Å². The zero-order valence-electron chi connectivity index (χ0n) is 11.2. The highest BCUT2D eigenvalue weighted by Gasteiger charge is 2.16. The molecule has 0 amide bonds. The van der Waals surface area contributed by atoms with Crippen molar-refractivity contribution in [2.24, 2.45) is 0 Å². The van der Waals surface area contributed by atoms with E-state index in [1.807, 2.05) is 12.1 Å². The topological polar surface area (TPSA) is 21.3 Å². The van der Waals surface area contributed by atoms with Gasteiger partial charge in [-0.05, 0) is 51.5 Å². The van der Waals surface area contributed by atoms with Gasteiger partial charge < -0.3 is 10.1 Å². The Morgan fingerprint density at radius 2 is 2.11 bits per heavy atom. The molecule has 1 aromatic carbocycles. The highest BCUT2D eigenvalue weighted by atomic mass is 79.9. The first-order valence-electron chi connectivity index (χ1n) is 6.33. The lowest BCUT2D eigenvalue weighted by molar-refractivity contribution is 0.405. The average Bonchev–Trinajstić information content (AvgIpc) is 2.85. The predicted octanol–water partition coefficient (Wildman–Crippen LogP) is 4.41. The molecule has 1 heterocycles. The molecule has 1 N–H and O–H groups in total.